The van der Waals surface area contributed by atoms with E-state index >= 15 is 0 Å². The molecule has 0 radical (unpaired) electrons. The Morgan fingerprint density at radius 3 is 1.27 bits per heavy atom. The SMILES string of the molecule is CC.CSCC[C@H](N)C(=O)O.CSCC[C@H](N)C(=O)O.O=S. The highest BCUT2D eigenvalue weighted by Crippen LogP contribution is 1.98. The number of hydrogen-bond acceptors (Lipinski definition) is 8. The number of thioether (sulfide) groups is 2. The van der Waals surface area contributed by atoms with Crippen molar-refractivity contribution in [3.8, 4) is 0 Å². The average molecular weight is 377 g/mol. The number of aliphatic carboxylic acids is 2. The van der Waals surface area contributed by atoms with Crippen molar-refractivity contribution in [1.82, 2.24) is 0 Å². The Bertz CT molecular complexity index is 237. The summed E-state index contributed by atoms with van der Waals surface area (Å²) in [6.45, 7) is 4.00. The van der Waals surface area contributed by atoms with Crippen molar-refractivity contribution in [2.24, 2.45) is 11.5 Å². The molecule has 22 heavy (non-hydrogen) atoms. The summed E-state index contributed by atoms with van der Waals surface area (Å²) in [5, 5.41) is 16.5. The number of rotatable bonds is 8. The van der Waals surface area contributed by atoms with E-state index in [0.717, 1.165) is 11.5 Å². The molecule has 10 heteroatoms. The summed E-state index contributed by atoms with van der Waals surface area (Å²) >= 11 is 6.04. The molecule has 0 heterocycles. The van der Waals surface area contributed by atoms with Gasteiger partial charge in [-0.25, -0.2) is 0 Å². The molecule has 0 aliphatic rings. The molecular formula is C12H28N2O5S3. The molecule has 0 saturated heterocycles. The van der Waals surface area contributed by atoms with Crippen LogP contribution in [-0.4, -0.2) is 62.5 Å². The van der Waals surface area contributed by atoms with E-state index in [1.807, 2.05) is 26.4 Å². The molecule has 0 unspecified atom stereocenters. The maximum absolute atomic E-state index is 10.1. The summed E-state index contributed by atoms with van der Waals surface area (Å²) in [5.41, 5.74) is 10.4. The van der Waals surface area contributed by atoms with Crippen molar-refractivity contribution in [2.45, 2.75) is 38.8 Å². The van der Waals surface area contributed by atoms with Gasteiger partial charge in [-0.15, -0.1) is 0 Å². The second-order valence-corrected chi connectivity index (χ2v) is 5.42. The first-order valence-corrected chi connectivity index (χ1v) is 9.60. The lowest BCUT2D eigenvalue weighted by Gasteiger charge is -2.02. The molecule has 0 spiro atoms. The molecular weight excluding hydrogens is 348 g/mol. The average Bonchev–Trinajstić information content (AvgIpc) is 2.54. The van der Waals surface area contributed by atoms with Crippen LogP contribution in [0.2, 0.25) is 0 Å². The van der Waals surface area contributed by atoms with Crippen LogP contribution in [0.1, 0.15) is 26.7 Å². The van der Waals surface area contributed by atoms with Gasteiger partial charge in [0.05, 0.1) is 0 Å². The normalized spacial score (nSPS) is 11.2. The van der Waals surface area contributed by atoms with Crippen molar-refractivity contribution < 1.29 is 24.0 Å². The third-order valence-corrected chi connectivity index (χ3v) is 3.19. The lowest BCUT2D eigenvalue weighted by molar-refractivity contribution is -0.139. The highest BCUT2D eigenvalue weighted by molar-refractivity contribution is 7.98. The first-order chi connectivity index (χ1) is 10.4. The standard InChI is InChI=1S/2C5H11NO2S.C2H6.OS/c2*1-9-3-2-4(6)5(7)8;2*1-2/h2*4H,2-3,6H2,1H3,(H,7,8);1-2H3;/t2*4-;;/m00../s1. The lowest BCUT2D eigenvalue weighted by atomic mass is 10.2. The molecule has 6 N–H and O–H groups in total. The Labute approximate surface area is 146 Å². The fraction of sp³-hybridized carbons (Fsp3) is 0.833. The molecule has 0 saturated carbocycles. The van der Waals surface area contributed by atoms with Gasteiger partial charge in [-0.05, 0) is 36.9 Å². The Balaban J connectivity index is -0.000000120. The minimum atomic E-state index is -0.913. The zero-order valence-electron chi connectivity index (χ0n) is 13.5. The third-order valence-electron chi connectivity index (χ3n) is 1.90. The van der Waals surface area contributed by atoms with Gasteiger partial charge < -0.3 is 21.7 Å². The monoisotopic (exact) mass is 376 g/mol. The highest BCUT2D eigenvalue weighted by Gasteiger charge is 2.09. The zero-order chi connectivity index (χ0) is 18.6. The van der Waals surface area contributed by atoms with Gasteiger partial charge in [0.1, 0.15) is 12.1 Å². The van der Waals surface area contributed by atoms with Crippen LogP contribution in [0, 0.1) is 0 Å². The van der Waals surface area contributed by atoms with E-state index in [-0.39, 0.29) is 0 Å². The van der Waals surface area contributed by atoms with Gasteiger partial charge >= 0.3 is 11.9 Å². The summed E-state index contributed by atoms with van der Waals surface area (Å²) in [7, 11) is 0. The molecule has 134 valence electrons. The van der Waals surface area contributed by atoms with Crippen molar-refractivity contribution in [1.29, 1.82) is 0 Å². The van der Waals surface area contributed by atoms with Crippen LogP contribution in [-0.2, 0) is 22.1 Å². The largest absolute Gasteiger partial charge is 0.480 e. The zero-order valence-corrected chi connectivity index (χ0v) is 15.9. The molecule has 0 bridgehead atoms. The van der Waals surface area contributed by atoms with Crippen molar-refractivity contribution in [3.63, 3.8) is 0 Å². The van der Waals surface area contributed by atoms with Gasteiger partial charge in [0.25, 0.3) is 0 Å². The molecule has 0 aromatic carbocycles. The van der Waals surface area contributed by atoms with E-state index in [1.165, 1.54) is 0 Å². The van der Waals surface area contributed by atoms with Gasteiger partial charge in [0.15, 0.2) is 12.5 Å². The lowest BCUT2D eigenvalue weighted by Crippen LogP contribution is -2.30. The number of hydrogen-bond donors (Lipinski definition) is 4. The second kappa shape index (κ2) is 25.5. The van der Waals surface area contributed by atoms with E-state index in [0.29, 0.717) is 12.8 Å². The van der Waals surface area contributed by atoms with Gasteiger partial charge in [-0.1, -0.05) is 13.8 Å². The molecule has 0 fully saturated rings. The Morgan fingerprint density at radius 2 is 1.14 bits per heavy atom. The minimum Gasteiger partial charge on any atom is -0.480 e. The quantitative estimate of drug-likeness (QED) is 0.484. The van der Waals surface area contributed by atoms with Crippen LogP contribution >= 0.6 is 23.5 Å². The smallest absolute Gasteiger partial charge is 0.320 e. The van der Waals surface area contributed by atoms with E-state index in [9.17, 15) is 9.59 Å². The van der Waals surface area contributed by atoms with Gasteiger partial charge in [-0.2, -0.15) is 27.7 Å². The van der Waals surface area contributed by atoms with Gasteiger partial charge in [0, 0.05) is 0 Å². The van der Waals surface area contributed by atoms with Crippen LogP contribution in [0.3, 0.4) is 0 Å². The van der Waals surface area contributed by atoms with Crippen molar-refractivity contribution in [2.75, 3.05) is 24.0 Å². The summed E-state index contributed by atoms with van der Waals surface area (Å²) in [6.07, 6.45) is 4.95. The van der Waals surface area contributed by atoms with E-state index in [4.69, 9.17) is 25.9 Å². The summed E-state index contributed by atoms with van der Waals surface area (Å²) in [5.74, 6) is -0.200. The molecule has 0 aliphatic carbocycles. The third kappa shape index (κ3) is 27.8. The molecule has 0 rings (SSSR count). The number of carboxylic acid groups (broad SMARTS) is 2. The summed E-state index contributed by atoms with van der Waals surface area (Å²) in [4.78, 5) is 20.1. The predicted octanol–water partition coefficient (Wildman–Crippen LogP) is 0.993. The van der Waals surface area contributed by atoms with E-state index in [2.05, 4.69) is 12.5 Å². The number of nitrogens with two attached hydrogens (primary N) is 2. The fourth-order valence-corrected chi connectivity index (χ4v) is 1.72. The highest BCUT2D eigenvalue weighted by atomic mass is 32.2. The molecule has 7 nitrogen and oxygen atoms in total. The molecule has 2 atom stereocenters. The second-order valence-electron chi connectivity index (χ2n) is 3.45. The topological polar surface area (TPSA) is 144 Å². The predicted molar refractivity (Wildman–Crippen MR) is 96.7 cm³/mol. The number of carboxylic acids is 2. The Morgan fingerprint density at radius 1 is 0.909 bits per heavy atom. The van der Waals surface area contributed by atoms with Gasteiger partial charge in [0.2, 0.25) is 0 Å². The minimum absolute atomic E-state index is 0.552. The first kappa shape index (κ1) is 29.6. The molecule has 0 aromatic heterocycles. The molecule has 0 aliphatic heterocycles. The van der Waals surface area contributed by atoms with Crippen LogP contribution in [0.4, 0.5) is 0 Å². The summed E-state index contributed by atoms with van der Waals surface area (Å²) in [6, 6.07) is -1.37. The van der Waals surface area contributed by atoms with Crippen molar-refractivity contribution in [3.05, 3.63) is 0 Å². The number of carbonyl (C=O) groups is 2. The Kier molecular flexibility index (Phi) is 34.3. The van der Waals surface area contributed by atoms with Crippen LogP contribution < -0.4 is 11.5 Å². The van der Waals surface area contributed by atoms with E-state index in [1.54, 1.807) is 23.5 Å². The first-order valence-electron chi connectivity index (χ1n) is 6.48. The van der Waals surface area contributed by atoms with Crippen LogP contribution in [0.25, 0.3) is 0 Å². The fourth-order valence-electron chi connectivity index (χ4n) is 0.737. The molecule has 0 amide bonds. The van der Waals surface area contributed by atoms with Gasteiger partial charge in [-0.3, -0.25) is 9.59 Å². The molecule has 0 aromatic rings. The van der Waals surface area contributed by atoms with Crippen LogP contribution in [0.15, 0.2) is 0 Å². The maximum atomic E-state index is 10.1. The van der Waals surface area contributed by atoms with Crippen LogP contribution in [0.5, 0.6) is 0 Å². The van der Waals surface area contributed by atoms with Crippen molar-refractivity contribution >= 4 is 48.0 Å². The maximum Gasteiger partial charge on any atom is 0.320 e. The Hall–Kier alpha value is -0.420. The summed E-state index contributed by atoms with van der Waals surface area (Å²) < 4.78 is 7.83. The van der Waals surface area contributed by atoms with E-state index < -0.39 is 24.0 Å².